The van der Waals surface area contributed by atoms with Crippen LogP contribution in [-0.2, 0) is 16.0 Å². The van der Waals surface area contributed by atoms with Crippen molar-refractivity contribution in [2.45, 2.75) is 43.9 Å². The number of benzene rings is 1. The molecule has 1 N–H and O–H groups in total. The van der Waals surface area contributed by atoms with E-state index in [1.165, 1.54) is 6.42 Å². The highest BCUT2D eigenvalue weighted by molar-refractivity contribution is 9.10. The van der Waals surface area contributed by atoms with Crippen LogP contribution in [0.4, 0.5) is 0 Å². The monoisotopic (exact) mass is 349 g/mol. The maximum Gasteiger partial charge on any atom is 0.323 e. The molecule has 1 heterocycles. The van der Waals surface area contributed by atoms with E-state index in [-0.39, 0.29) is 17.8 Å². The van der Waals surface area contributed by atoms with Crippen molar-refractivity contribution in [1.29, 1.82) is 0 Å². The zero-order valence-electron chi connectivity index (χ0n) is 11.5. The first-order valence-electron chi connectivity index (χ1n) is 7.41. The number of carbonyl (C=O) groups is 2. The zero-order chi connectivity index (χ0) is 14.6. The molecule has 3 aliphatic rings. The van der Waals surface area contributed by atoms with Gasteiger partial charge in [0.25, 0.3) is 0 Å². The minimum Gasteiger partial charge on any atom is -0.453 e. The number of hydrogen-bond acceptors (Lipinski definition) is 4. The molecule has 2 fully saturated rings. The Morgan fingerprint density at radius 2 is 2.19 bits per heavy atom. The molecule has 0 radical (unpaired) electrons. The van der Waals surface area contributed by atoms with E-state index in [0.29, 0.717) is 23.9 Å². The Labute approximate surface area is 131 Å². The fourth-order valence-electron chi connectivity index (χ4n) is 3.44. The van der Waals surface area contributed by atoms with E-state index in [1.54, 1.807) is 0 Å². The Balaban J connectivity index is 1.45. The van der Waals surface area contributed by atoms with Crippen LogP contribution in [0, 0.1) is 5.92 Å². The lowest BCUT2D eigenvalue weighted by Crippen LogP contribution is -2.40. The summed E-state index contributed by atoms with van der Waals surface area (Å²) >= 11 is 3.42. The zero-order valence-corrected chi connectivity index (χ0v) is 13.1. The first-order valence-corrected chi connectivity index (χ1v) is 8.20. The van der Waals surface area contributed by atoms with Crippen molar-refractivity contribution >= 4 is 27.7 Å². The number of aryl methyl sites for hydroxylation is 1. The van der Waals surface area contributed by atoms with Gasteiger partial charge in [0.15, 0.2) is 6.10 Å². The van der Waals surface area contributed by atoms with Crippen molar-refractivity contribution < 1.29 is 14.3 Å². The average Bonchev–Trinajstić information content (AvgIpc) is 3.08. The summed E-state index contributed by atoms with van der Waals surface area (Å²) in [6.45, 7) is 0. The second-order valence-electron chi connectivity index (χ2n) is 6.19. The van der Waals surface area contributed by atoms with Crippen molar-refractivity contribution in [2.75, 3.05) is 0 Å². The Kier molecular flexibility index (Phi) is 3.15. The van der Waals surface area contributed by atoms with E-state index < -0.39 is 6.10 Å². The van der Waals surface area contributed by atoms with Gasteiger partial charge in [-0.15, -0.1) is 0 Å². The molecule has 5 heteroatoms. The summed E-state index contributed by atoms with van der Waals surface area (Å²) in [5.74, 6) is 0.309. The number of piperidine rings is 1. The molecule has 0 aromatic heterocycles. The van der Waals surface area contributed by atoms with Crippen molar-refractivity contribution in [3.8, 4) is 0 Å². The van der Waals surface area contributed by atoms with E-state index in [1.807, 2.05) is 18.2 Å². The predicted octanol–water partition coefficient (Wildman–Crippen LogP) is 2.24. The molecule has 1 saturated heterocycles. The van der Waals surface area contributed by atoms with Crippen LogP contribution < -0.4 is 5.32 Å². The molecule has 1 saturated carbocycles. The van der Waals surface area contributed by atoms with Gasteiger partial charge in [-0.3, -0.25) is 9.59 Å². The van der Waals surface area contributed by atoms with E-state index in [2.05, 4.69) is 21.2 Å². The topological polar surface area (TPSA) is 55.4 Å². The van der Waals surface area contributed by atoms with Crippen LogP contribution in [0.5, 0.6) is 0 Å². The lowest BCUT2D eigenvalue weighted by molar-refractivity contribution is -0.149. The van der Waals surface area contributed by atoms with Crippen molar-refractivity contribution in [1.82, 2.24) is 5.32 Å². The summed E-state index contributed by atoms with van der Waals surface area (Å²) < 4.78 is 6.45. The normalized spacial score (nSPS) is 33.3. The van der Waals surface area contributed by atoms with Crippen LogP contribution in [0.3, 0.4) is 0 Å². The van der Waals surface area contributed by atoms with E-state index in [9.17, 15) is 9.59 Å². The number of rotatable bonds is 2. The fourth-order valence-corrected chi connectivity index (χ4v) is 3.85. The van der Waals surface area contributed by atoms with Crippen molar-refractivity contribution in [2.24, 2.45) is 5.92 Å². The number of fused-ring (bicyclic) bond motifs is 2. The van der Waals surface area contributed by atoms with Gasteiger partial charge in [-0.2, -0.15) is 0 Å². The van der Waals surface area contributed by atoms with Gasteiger partial charge in [-0.25, -0.2) is 0 Å². The number of esters is 1. The first kappa shape index (κ1) is 13.5. The molecule has 4 atom stereocenters. The number of ether oxygens (including phenoxy) is 1. The highest BCUT2D eigenvalue weighted by Gasteiger charge is 2.49. The van der Waals surface area contributed by atoms with Crippen LogP contribution in [0.25, 0.3) is 0 Å². The highest BCUT2D eigenvalue weighted by Crippen LogP contribution is 2.41. The fraction of sp³-hybridized carbons (Fsp3) is 0.500. The maximum absolute atomic E-state index is 12.4. The molecular formula is C16H16BrNO3. The van der Waals surface area contributed by atoms with E-state index >= 15 is 0 Å². The second-order valence-corrected chi connectivity index (χ2v) is 7.10. The lowest BCUT2D eigenvalue weighted by Gasteiger charge is -2.25. The third-order valence-electron chi connectivity index (χ3n) is 4.72. The third-order valence-corrected chi connectivity index (χ3v) is 5.21. The number of ketones is 1. The molecule has 4 rings (SSSR count). The largest absolute Gasteiger partial charge is 0.453 e. The Morgan fingerprint density at radius 1 is 1.33 bits per heavy atom. The predicted molar refractivity (Wildman–Crippen MR) is 80.1 cm³/mol. The Bertz CT molecular complexity index is 620. The van der Waals surface area contributed by atoms with Gasteiger partial charge in [0.05, 0.1) is 0 Å². The summed E-state index contributed by atoms with van der Waals surface area (Å²) in [5.41, 5.74) is 1.71. The van der Waals surface area contributed by atoms with Crippen LogP contribution in [0.1, 0.15) is 35.2 Å². The average molecular weight is 350 g/mol. The molecule has 0 spiro atoms. The molecule has 110 valence electrons. The number of carbonyl (C=O) groups excluding carboxylic acids is 2. The van der Waals surface area contributed by atoms with E-state index in [0.717, 1.165) is 22.9 Å². The molecule has 1 aromatic rings. The lowest BCUT2D eigenvalue weighted by atomic mass is 9.88. The van der Waals surface area contributed by atoms with Crippen LogP contribution in [0.15, 0.2) is 22.7 Å². The van der Waals surface area contributed by atoms with Gasteiger partial charge in [-0.1, -0.05) is 15.9 Å². The van der Waals surface area contributed by atoms with Gasteiger partial charge < -0.3 is 10.1 Å². The summed E-state index contributed by atoms with van der Waals surface area (Å²) in [7, 11) is 0. The van der Waals surface area contributed by atoms with Gasteiger partial charge in [0, 0.05) is 16.1 Å². The smallest absolute Gasteiger partial charge is 0.323 e. The molecular weight excluding hydrogens is 334 g/mol. The molecule has 0 bridgehead atoms. The summed E-state index contributed by atoms with van der Waals surface area (Å²) in [5, 5.41) is 3.27. The van der Waals surface area contributed by atoms with Gasteiger partial charge in [-0.05, 0) is 55.4 Å². The summed E-state index contributed by atoms with van der Waals surface area (Å²) in [4.78, 5) is 24.6. The van der Waals surface area contributed by atoms with Crippen LogP contribution >= 0.6 is 15.9 Å². The Morgan fingerprint density at radius 3 is 2.95 bits per heavy atom. The number of nitrogens with one attached hydrogen (secondary N) is 1. The standard InChI is InChI=1S/C16H16BrNO3/c17-10-2-3-11-8(5-10)1-4-14(15(11)19)21-16(20)13-7-9-6-12(9)18-13/h2-3,5,9,12-14,18H,1,4,6-7H2/t9-,12-,13+,14?/m1/s1. The second kappa shape index (κ2) is 4.92. The summed E-state index contributed by atoms with van der Waals surface area (Å²) in [6.07, 6.45) is 2.75. The maximum atomic E-state index is 12.4. The van der Waals surface area contributed by atoms with Crippen molar-refractivity contribution in [3.63, 3.8) is 0 Å². The molecule has 1 aromatic carbocycles. The van der Waals surface area contributed by atoms with Crippen LogP contribution in [0.2, 0.25) is 0 Å². The first-order chi connectivity index (χ1) is 10.1. The SMILES string of the molecule is O=C1c2ccc(Br)cc2CCC1OC(=O)[C@@H]1C[C@H]2C[C@H]2N1. The Hall–Kier alpha value is -1.20. The molecule has 2 aliphatic carbocycles. The highest BCUT2D eigenvalue weighted by atomic mass is 79.9. The molecule has 21 heavy (non-hydrogen) atoms. The minimum atomic E-state index is -0.620. The quantitative estimate of drug-likeness (QED) is 0.832. The van der Waals surface area contributed by atoms with Gasteiger partial charge in [0.1, 0.15) is 6.04 Å². The summed E-state index contributed by atoms with van der Waals surface area (Å²) in [6, 6.07) is 5.92. The van der Waals surface area contributed by atoms with Gasteiger partial charge in [0.2, 0.25) is 5.78 Å². The molecule has 1 aliphatic heterocycles. The number of hydrogen-bond donors (Lipinski definition) is 1. The molecule has 1 unspecified atom stereocenters. The third kappa shape index (κ3) is 2.42. The molecule has 0 amide bonds. The number of Topliss-reactive ketones (excluding diaryl/α,β-unsaturated/α-hetero) is 1. The van der Waals surface area contributed by atoms with Gasteiger partial charge >= 0.3 is 5.97 Å². The van der Waals surface area contributed by atoms with Crippen molar-refractivity contribution in [3.05, 3.63) is 33.8 Å². The van der Waals surface area contributed by atoms with Crippen LogP contribution in [-0.4, -0.2) is 29.9 Å². The minimum absolute atomic E-state index is 0.0692. The van der Waals surface area contributed by atoms with E-state index in [4.69, 9.17) is 4.74 Å². The molecule has 4 nitrogen and oxygen atoms in total. The number of halogens is 1.